The van der Waals surface area contributed by atoms with Gasteiger partial charge in [-0.25, -0.2) is 5.43 Å². The summed E-state index contributed by atoms with van der Waals surface area (Å²) in [5, 5.41) is 16.8. The van der Waals surface area contributed by atoms with Gasteiger partial charge in [0.1, 0.15) is 11.5 Å². The summed E-state index contributed by atoms with van der Waals surface area (Å²) < 4.78 is 5.29. The molecule has 1 amide bonds. The molecule has 0 unspecified atom stereocenters. The van der Waals surface area contributed by atoms with Crippen molar-refractivity contribution in [1.82, 2.24) is 5.43 Å². The maximum absolute atomic E-state index is 11.8. The van der Waals surface area contributed by atoms with Crippen LogP contribution in [-0.2, 0) is 4.79 Å². The van der Waals surface area contributed by atoms with E-state index in [0.717, 1.165) is 11.3 Å². The fourth-order valence-electron chi connectivity index (χ4n) is 2.05. The number of anilines is 1. The monoisotopic (exact) mass is 327 g/mol. The van der Waals surface area contributed by atoms with E-state index in [-0.39, 0.29) is 18.2 Å². The molecule has 0 bridgehead atoms. The highest BCUT2D eigenvalue weighted by atomic mass is 16.5. The van der Waals surface area contributed by atoms with E-state index in [2.05, 4.69) is 15.8 Å². The SMILES string of the molecule is CCOc1ccc(/C=N\NC(=O)CNc2ccccc2C)c(O)c1. The second kappa shape index (κ2) is 8.57. The number of hydrogen-bond acceptors (Lipinski definition) is 5. The van der Waals surface area contributed by atoms with Crippen LogP contribution in [0.5, 0.6) is 11.5 Å². The molecule has 126 valence electrons. The Balaban J connectivity index is 1.85. The molecule has 0 aliphatic carbocycles. The third-order valence-corrected chi connectivity index (χ3v) is 3.29. The van der Waals surface area contributed by atoms with Crippen molar-refractivity contribution in [3.63, 3.8) is 0 Å². The molecule has 0 aliphatic rings. The van der Waals surface area contributed by atoms with Gasteiger partial charge in [-0.05, 0) is 37.6 Å². The number of carbonyl (C=O) groups excluding carboxylic acids is 1. The minimum Gasteiger partial charge on any atom is -0.507 e. The lowest BCUT2D eigenvalue weighted by molar-refractivity contribution is -0.119. The van der Waals surface area contributed by atoms with Crippen molar-refractivity contribution in [2.24, 2.45) is 5.10 Å². The Kier molecular flexibility index (Phi) is 6.19. The standard InChI is InChI=1S/C18H21N3O3/c1-3-24-15-9-8-14(17(22)10-15)11-20-21-18(23)12-19-16-7-5-4-6-13(16)2/h4-11,19,22H,3,12H2,1-2H3,(H,21,23)/b20-11-. The molecule has 0 aliphatic heterocycles. The lowest BCUT2D eigenvalue weighted by Gasteiger charge is -2.08. The molecule has 2 aromatic carbocycles. The van der Waals surface area contributed by atoms with Gasteiger partial charge in [-0.15, -0.1) is 0 Å². The van der Waals surface area contributed by atoms with Gasteiger partial charge >= 0.3 is 0 Å². The summed E-state index contributed by atoms with van der Waals surface area (Å²) >= 11 is 0. The first kappa shape index (κ1) is 17.3. The van der Waals surface area contributed by atoms with E-state index in [1.165, 1.54) is 12.3 Å². The summed E-state index contributed by atoms with van der Waals surface area (Å²) in [6.45, 7) is 4.47. The highest BCUT2D eigenvalue weighted by Crippen LogP contribution is 2.22. The Labute approximate surface area is 141 Å². The fraction of sp³-hybridized carbons (Fsp3) is 0.222. The first-order valence-corrected chi connectivity index (χ1v) is 7.67. The van der Waals surface area contributed by atoms with E-state index in [9.17, 15) is 9.90 Å². The Hall–Kier alpha value is -3.02. The molecule has 0 saturated carbocycles. The number of aryl methyl sites for hydroxylation is 1. The molecule has 0 spiro atoms. The van der Waals surface area contributed by atoms with Crippen LogP contribution in [0.25, 0.3) is 0 Å². The highest BCUT2D eigenvalue weighted by Gasteiger charge is 2.03. The molecule has 2 aromatic rings. The van der Waals surface area contributed by atoms with E-state index < -0.39 is 0 Å². The van der Waals surface area contributed by atoms with Gasteiger partial charge in [-0.2, -0.15) is 5.10 Å². The van der Waals surface area contributed by atoms with Crippen LogP contribution < -0.4 is 15.5 Å². The number of nitrogens with one attached hydrogen (secondary N) is 2. The van der Waals surface area contributed by atoms with E-state index in [1.54, 1.807) is 12.1 Å². The molecule has 6 heteroatoms. The van der Waals surface area contributed by atoms with Crippen molar-refractivity contribution in [2.45, 2.75) is 13.8 Å². The lowest BCUT2D eigenvalue weighted by Crippen LogP contribution is -2.26. The number of amides is 1. The summed E-state index contributed by atoms with van der Waals surface area (Å²) in [6, 6.07) is 12.6. The molecular weight excluding hydrogens is 306 g/mol. The topological polar surface area (TPSA) is 83.0 Å². The van der Waals surface area contributed by atoms with Crippen molar-refractivity contribution in [1.29, 1.82) is 0 Å². The molecule has 0 radical (unpaired) electrons. The smallest absolute Gasteiger partial charge is 0.259 e. The zero-order valence-corrected chi connectivity index (χ0v) is 13.7. The molecule has 0 atom stereocenters. The average Bonchev–Trinajstić information content (AvgIpc) is 2.56. The van der Waals surface area contributed by atoms with Crippen LogP contribution in [0.3, 0.4) is 0 Å². The number of phenols is 1. The quantitative estimate of drug-likeness (QED) is 0.539. The van der Waals surface area contributed by atoms with Gasteiger partial charge in [0.25, 0.3) is 5.91 Å². The molecule has 3 N–H and O–H groups in total. The van der Waals surface area contributed by atoms with Gasteiger partial charge in [0.05, 0.1) is 19.4 Å². The Bertz CT molecular complexity index is 729. The van der Waals surface area contributed by atoms with E-state index >= 15 is 0 Å². The second-order valence-electron chi connectivity index (χ2n) is 5.12. The van der Waals surface area contributed by atoms with E-state index in [4.69, 9.17) is 4.74 Å². The van der Waals surface area contributed by atoms with Crippen LogP contribution in [0.2, 0.25) is 0 Å². The van der Waals surface area contributed by atoms with Gasteiger partial charge in [0.15, 0.2) is 0 Å². The molecule has 0 saturated heterocycles. The van der Waals surface area contributed by atoms with Gasteiger partial charge in [0, 0.05) is 17.3 Å². The number of phenolic OH excluding ortho intramolecular Hbond substituents is 1. The fourth-order valence-corrected chi connectivity index (χ4v) is 2.05. The summed E-state index contributed by atoms with van der Waals surface area (Å²) in [4.78, 5) is 11.8. The zero-order valence-electron chi connectivity index (χ0n) is 13.7. The average molecular weight is 327 g/mol. The van der Waals surface area contributed by atoms with E-state index in [1.807, 2.05) is 38.1 Å². The third kappa shape index (κ3) is 5.01. The summed E-state index contributed by atoms with van der Waals surface area (Å²) in [7, 11) is 0. The first-order valence-electron chi connectivity index (χ1n) is 7.67. The second-order valence-corrected chi connectivity index (χ2v) is 5.12. The minimum atomic E-state index is -0.278. The van der Waals surface area contributed by atoms with Gasteiger partial charge in [0.2, 0.25) is 0 Å². The maximum atomic E-state index is 11.8. The normalized spacial score (nSPS) is 10.6. The molecule has 24 heavy (non-hydrogen) atoms. The number of nitrogens with zero attached hydrogens (tertiary/aromatic N) is 1. The first-order chi connectivity index (χ1) is 11.6. The number of aromatic hydroxyl groups is 1. The van der Waals surface area contributed by atoms with Crippen LogP contribution in [0.4, 0.5) is 5.69 Å². The Morgan fingerprint density at radius 2 is 2.08 bits per heavy atom. The lowest BCUT2D eigenvalue weighted by atomic mass is 10.2. The van der Waals surface area contributed by atoms with Crippen molar-refractivity contribution in [3.8, 4) is 11.5 Å². The predicted molar refractivity (Wildman–Crippen MR) is 94.7 cm³/mol. The highest BCUT2D eigenvalue weighted by molar-refractivity contribution is 5.86. The number of para-hydroxylation sites is 1. The number of benzene rings is 2. The van der Waals surface area contributed by atoms with Crippen LogP contribution in [0, 0.1) is 6.92 Å². The van der Waals surface area contributed by atoms with Gasteiger partial charge in [-0.3, -0.25) is 4.79 Å². The minimum absolute atomic E-state index is 0.0389. The zero-order chi connectivity index (χ0) is 17.4. The molecule has 0 fully saturated rings. The van der Waals surface area contributed by atoms with Crippen molar-refractivity contribution < 1.29 is 14.6 Å². The Morgan fingerprint density at radius 3 is 2.79 bits per heavy atom. The summed E-state index contributed by atoms with van der Waals surface area (Å²) in [5.41, 5.74) is 4.87. The third-order valence-electron chi connectivity index (χ3n) is 3.29. The van der Waals surface area contributed by atoms with Crippen molar-refractivity contribution in [3.05, 3.63) is 53.6 Å². The number of ether oxygens (including phenoxy) is 1. The number of carbonyl (C=O) groups is 1. The number of rotatable bonds is 7. The number of hydrogen-bond donors (Lipinski definition) is 3. The van der Waals surface area contributed by atoms with Gasteiger partial charge in [-0.1, -0.05) is 18.2 Å². The molecular formula is C18H21N3O3. The van der Waals surface area contributed by atoms with Crippen LogP contribution in [0.15, 0.2) is 47.6 Å². The largest absolute Gasteiger partial charge is 0.507 e. The van der Waals surface area contributed by atoms with Crippen LogP contribution >= 0.6 is 0 Å². The predicted octanol–water partition coefficient (Wildman–Crippen LogP) is 2.66. The molecule has 2 rings (SSSR count). The van der Waals surface area contributed by atoms with E-state index in [0.29, 0.717) is 17.9 Å². The van der Waals surface area contributed by atoms with Crippen molar-refractivity contribution in [2.75, 3.05) is 18.5 Å². The summed E-state index contributed by atoms with van der Waals surface area (Å²) in [5.74, 6) is 0.343. The maximum Gasteiger partial charge on any atom is 0.259 e. The Morgan fingerprint density at radius 1 is 1.29 bits per heavy atom. The number of hydrazone groups is 1. The molecule has 0 aromatic heterocycles. The van der Waals surface area contributed by atoms with Crippen LogP contribution in [0.1, 0.15) is 18.1 Å². The van der Waals surface area contributed by atoms with Crippen molar-refractivity contribution >= 4 is 17.8 Å². The van der Waals surface area contributed by atoms with Crippen LogP contribution in [-0.4, -0.2) is 30.4 Å². The molecule has 6 nitrogen and oxygen atoms in total. The molecule has 0 heterocycles. The summed E-state index contributed by atoms with van der Waals surface area (Å²) in [6.07, 6.45) is 1.39. The van der Waals surface area contributed by atoms with Gasteiger partial charge < -0.3 is 15.2 Å².